The Bertz CT molecular complexity index is 904. The first-order chi connectivity index (χ1) is 12.4. The number of nitrogen functional groups attached to an aromatic ring is 1. The summed E-state index contributed by atoms with van der Waals surface area (Å²) < 4.78 is 27.0. The van der Waals surface area contributed by atoms with Crippen molar-refractivity contribution < 1.29 is 13.2 Å². The van der Waals surface area contributed by atoms with Crippen LogP contribution >= 0.6 is 12.4 Å². The maximum atomic E-state index is 12.9. The number of amides is 1. The van der Waals surface area contributed by atoms with Gasteiger partial charge in [-0.2, -0.15) is 4.31 Å². The van der Waals surface area contributed by atoms with Crippen LogP contribution in [-0.4, -0.2) is 49.7 Å². The third-order valence-corrected chi connectivity index (χ3v) is 6.53. The summed E-state index contributed by atoms with van der Waals surface area (Å²) in [6.07, 6.45) is 0.596. The molecule has 1 amide bonds. The first-order valence-corrected chi connectivity index (χ1v) is 10.0. The van der Waals surface area contributed by atoms with E-state index in [-0.39, 0.29) is 29.8 Å². The summed E-state index contributed by atoms with van der Waals surface area (Å²) >= 11 is 0. The second-order valence-corrected chi connectivity index (χ2v) is 8.38. The highest BCUT2D eigenvalue weighted by Gasteiger charge is 2.28. The predicted molar refractivity (Wildman–Crippen MR) is 109 cm³/mol. The fraction of sp³-hybridized carbons (Fsp3) is 0.316. The van der Waals surface area contributed by atoms with Crippen LogP contribution in [0.4, 0.5) is 5.69 Å². The molecule has 0 aromatic heterocycles. The molecule has 27 heavy (non-hydrogen) atoms. The maximum Gasteiger partial charge on any atom is 0.254 e. The van der Waals surface area contributed by atoms with Gasteiger partial charge in [0.25, 0.3) is 5.91 Å². The van der Waals surface area contributed by atoms with Crippen molar-refractivity contribution in [1.29, 1.82) is 0 Å². The molecule has 3 rings (SSSR count). The topological polar surface area (TPSA) is 83.7 Å². The number of hydrogen-bond acceptors (Lipinski definition) is 4. The number of sulfonamides is 1. The Morgan fingerprint density at radius 3 is 2.41 bits per heavy atom. The summed E-state index contributed by atoms with van der Waals surface area (Å²) in [6.45, 7) is 3.44. The molecule has 1 saturated heterocycles. The van der Waals surface area contributed by atoms with Gasteiger partial charge in [-0.05, 0) is 43.2 Å². The summed E-state index contributed by atoms with van der Waals surface area (Å²) in [5, 5.41) is 0. The number of rotatable bonds is 3. The molecule has 0 aliphatic carbocycles. The van der Waals surface area contributed by atoms with Gasteiger partial charge in [0.2, 0.25) is 10.0 Å². The van der Waals surface area contributed by atoms with Gasteiger partial charge in [0.15, 0.2) is 0 Å². The number of nitrogens with two attached hydrogens (primary N) is 1. The molecular formula is C19H24ClN3O3S. The van der Waals surface area contributed by atoms with Gasteiger partial charge in [0.1, 0.15) is 0 Å². The highest BCUT2D eigenvalue weighted by Crippen LogP contribution is 2.20. The molecule has 0 unspecified atom stereocenters. The number of nitrogens with zero attached hydrogens (tertiary/aromatic N) is 2. The Balaban J connectivity index is 0.00000261. The summed E-state index contributed by atoms with van der Waals surface area (Å²) in [7, 11) is -3.54. The molecule has 0 bridgehead atoms. The molecule has 0 atom stereocenters. The van der Waals surface area contributed by atoms with E-state index in [0.717, 1.165) is 5.56 Å². The lowest BCUT2D eigenvalue weighted by atomic mass is 10.1. The molecule has 1 aliphatic heterocycles. The first kappa shape index (κ1) is 21.2. The molecule has 1 heterocycles. The summed E-state index contributed by atoms with van der Waals surface area (Å²) in [5.41, 5.74) is 7.79. The van der Waals surface area contributed by atoms with Crippen molar-refractivity contribution in [2.24, 2.45) is 0 Å². The van der Waals surface area contributed by atoms with Crippen molar-refractivity contribution in [2.45, 2.75) is 18.2 Å². The Morgan fingerprint density at radius 2 is 1.70 bits per heavy atom. The SMILES string of the molecule is Cc1ccc(N)cc1C(=O)N1CCCN(S(=O)(=O)c2ccccc2)CC1.Cl. The zero-order valence-corrected chi connectivity index (χ0v) is 16.8. The van der Waals surface area contributed by atoms with Crippen LogP contribution in [0.3, 0.4) is 0 Å². The van der Waals surface area contributed by atoms with Crippen LogP contribution in [0.2, 0.25) is 0 Å². The number of benzene rings is 2. The lowest BCUT2D eigenvalue weighted by Gasteiger charge is -2.22. The Kier molecular flexibility index (Phi) is 6.86. The standard InChI is InChI=1S/C19H23N3O3S.ClH/c1-15-8-9-16(20)14-18(15)19(23)21-10-5-11-22(13-12-21)26(24,25)17-6-3-2-4-7-17;/h2-4,6-9,14H,5,10-13,20H2,1H3;1H. The van der Waals surface area contributed by atoms with Crippen LogP contribution in [0, 0.1) is 6.92 Å². The van der Waals surface area contributed by atoms with E-state index in [1.165, 1.54) is 4.31 Å². The van der Waals surface area contributed by atoms with Crippen molar-refractivity contribution in [2.75, 3.05) is 31.9 Å². The van der Waals surface area contributed by atoms with Gasteiger partial charge in [-0.15, -0.1) is 12.4 Å². The zero-order chi connectivity index (χ0) is 18.7. The smallest absolute Gasteiger partial charge is 0.254 e. The molecule has 8 heteroatoms. The molecule has 2 aromatic rings. The van der Waals surface area contributed by atoms with E-state index in [1.807, 2.05) is 13.0 Å². The fourth-order valence-electron chi connectivity index (χ4n) is 3.12. The number of aryl methyl sites for hydroxylation is 1. The van der Waals surface area contributed by atoms with Gasteiger partial charge < -0.3 is 10.6 Å². The molecule has 0 saturated carbocycles. The summed E-state index contributed by atoms with van der Waals surface area (Å²) in [4.78, 5) is 14.8. The monoisotopic (exact) mass is 409 g/mol. The number of anilines is 1. The third kappa shape index (κ3) is 4.61. The van der Waals surface area contributed by atoms with Gasteiger partial charge in [0.05, 0.1) is 4.90 Å². The predicted octanol–water partition coefficient (Wildman–Crippen LogP) is 2.54. The summed E-state index contributed by atoms with van der Waals surface area (Å²) in [6, 6.07) is 13.7. The van der Waals surface area contributed by atoms with E-state index < -0.39 is 10.0 Å². The van der Waals surface area contributed by atoms with Crippen molar-refractivity contribution in [3.8, 4) is 0 Å². The largest absolute Gasteiger partial charge is 0.399 e. The molecule has 2 N–H and O–H groups in total. The molecule has 1 aliphatic rings. The van der Waals surface area contributed by atoms with Crippen molar-refractivity contribution >= 4 is 34.0 Å². The van der Waals surface area contributed by atoms with Crippen LogP contribution in [0.1, 0.15) is 22.3 Å². The van der Waals surface area contributed by atoms with Crippen LogP contribution in [0.5, 0.6) is 0 Å². The van der Waals surface area contributed by atoms with Crippen LogP contribution < -0.4 is 5.73 Å². The van der Waals surface area contributed by atoms with Crippen LogP contribution in [0.15, 0.2) is 53.4 Å². The normalized spacial score (nSPS) is 15.7. The third-order valence-electron chi connectivity index (χ3n) is 4.62. The second kappa shape index (κ2) is 8.73. The van der Waals surface area contributed by atoms with Gasteiger partial charge in [0, 0.05) is 37.4 Å². The van der Waals surface area contributed by atoms with Crippen LogP contribution in [-0.2, 0) is 10.0 Å². The quantitative estimate of drug-likeness (QED) is 0.789. The Hall–Kier alpha value is -2.09. The van der Waals surface area contributed by atoms with E-state index in [4.69, 9.17) is 5.73 Å². The maximum absolute atomic E-state index is 12.9. The summed E-state index contributed by atoms with van der Waals surface area (Å²) in [5.74, 6) is -0.103. The number of halogens is 1. The molecule has 146 valence electrons. The van der Waals surface area contributed by atoms with E-state index in [1.54, 1.807) is 47.4 Å². The van der Waals surface area contributed by atoms with Crippen molar-refractivity contribution in [3.63, 3.8) is 0 Å². The van der Waals surface area contributed by atoms with Gasteiger partial charge in [-0.3, -0.25) is 4.79 Å². The fourth-order valence-corrected chi connectivity index (χ4v) is 4.61. The van der Waals surface area contributed by atoms with Gasteiger partial charge in [-0.25, -0.2) is 8.42 Å². The Labute approximate surface area is 166 Å². The minimum atomic E-state index is -3.54. The number of carbonyl (C=O) groups is 1. The van der Waals surface area contributed by atoms with Crippen molar-refractivity contribution in [3.05, 3.63) is 59.7 Å². The number of carbonyl (C=O) groups excluding carboxylic acids is 1. The van der Waals surface area contributed by atoms with Gasteiger partial charge >= 0.3 is 0 Å². The average Bonchev–Trinajstić information content (AvgIpc) is 2.90. The van der Waals surface area contributed by atoms with Gasteiger partial charge in [-0.1, -0.05) is 24.3 Å². The second-order valence-electron chi connectivity index (χ2n) is 6.44. The van der Waals surface area contributed by atoms with E-state index in [0.29, 0.717) is 37.3 Å². The molecule has 1 fully saturated rings. The van der Waals surface area contributed by atoms with Crippen LogP contribution in [0.25, 0.3) is 0 Å². The Morgan fingerprint density at radius 1 is 1.00 bits per heavy atom. The van der Waals surface area contributed by atoms with E-state index in [2.05, 4.69) is 0 Å². The van der Waals surface area contributed by atoms with E-state index >= 15 is 0 Å². The molecule has 0 spiro atoms. The molecule has 6 nitrogen and oxygen atoms in total. The number of hydrogen-bond donors (Lipinski definition) is 1. The van der Waals surface area contributed by atoms with E-state index in [9.17, 15) is 13.2 Å². The zero-order valence-electron chi connectivity index (χ0n) is 15.2. The highest BCUT2D eigenvalue weighted by molar-refractivity contribution is 7.89. The molecular weight excluding hydrogens is 386 g/mol. The lowest BCUT2D eigenvalue weighted by Crippen LogP contribution is -2.37. The first-order valence-electron chi connectivity index (χ1n) is 8.60. The minimum absolute atomic E-state index is 0. The average molecular weight is 410 g/mol. The highest BCUT2D eigenvalue weighted by atomic mass is 35.5. The lowest BCUT2D eigenvalue weighted by molar-refractivity contribution is 0.0763. The van der Waals surface area contributed by atoms with Crippen molar-refractivity contribution in [1.82, 2.24) is 9.21 Å². The minimum Gasteiger partial charge on any atom is -0.399 e. The molecule has 0 radical (unpaired) electrons. The molecule has 2 aromatic carbocycles.